The van der Waals surface area contributed by atoms with Crippen LogP contribution in [0.5, 0.6) is 0 Å². The molecule has 0 radical (unpaired) electrons. The van der Waals surface area contributed by atoms with Gasteiger partial charge in [0.05, 0.1) is 12.5 Å². The van der Waals surface area contributed by atoms with Gasteiger partial charge in [0, 0.05) is 12.5 Å². The molecule has 78 valence electrons. The van der Waals surface area contributed by atoms with Gasteiger partial charge in [-0.1, -0.05) is 0 Å². The van der Waals surface area contributed by atoms with E-state index in [0.29, 0.717) is 6.04 Å². The third kappa shape index (κ3) is 1.70. The van der Waals surface area contributed by atoms with E-state index in [-0.39, 0.29) is 0 Å². The van der Waals surface area contributed by atoms with Crippen molar-refractivity contribution in [2.45, 2.75) is 25.3 Å². The smallest absolute Gasteiger partial charge is 0.180 e. The van der Waals surface area contributed by atoms with Gasteiger partial charge < -0.3 is 10.3 Å². The zero-order valence-corrected chi connectivity index (χ0v) is 8.40. The Morgan fingerprint density at radius 1 is 1.40 bits per heavy atom. The molecule has 5 nitrogen and oxygen atoms in total. The van der Waals surface area contributed by atoms with Crippen molar-refractivity contribution in [1.29, 1.82) is 0 Å². The van der Waals surface area contributed by atoms with Gasteiger partial charge in [0.2, 0.25) is 0 Å². The predicted molar refractivity (Wildman–Crippen MR) is 56.4 cm³/mol. The fourth-order valence-corrected chi connectivity index (χ4v) is 2.02. The summed E-state index contributed by atoms with van der Waals surface area (Å²) in [6, 6.07) is 0.543. The standard InChI is InChI=1S/C10H13N5/c1-2-7(11-3-1)4-9-12-5-8-10(15-9)14-6-13-8/h5-7,11H,1-4H2,(H,12,13,14,15)/t7-/m0/s1. The van der Waals surface area contributed by atoms with Gasteiger partial charge in [-0.25, -0.2) is 15.0 Å². The molecular formula is C10H13N5. The molecule has 3 rings (SSSR count). The highest BCUT2D eigenvalue weighted by molar-refractivity contribution is 5.68. The Labute approximate surface area is 87.3 Å². The minimum atomic E-state index is 0.543. The second kappa shape index (κ2) is 3.58. The first-order valence-electron chi connectivity index (χ1n) is 5.30. The molecule has 0 aliphatic carbocycles. The van der Waals surface area contributed by atoms with Gasteiger partial charge >= 0.3 is 0 Å². The molecule has 1 saturated heterocycles. The molecule has 0 unspecified atom stereocenters. The first kappa shape index (κ1) is 8.79. The van der Waals surface area contributed by atoms with Gasteiger partial charge in [0.1, 0.15) is 11.3 Å². The van der Waals surface area contributed by atoms with Crippen LogP contribution in [0.15, 0.2) is 12.5 Å². The van der Waals surface area contributed by atoms with E-state index < -0.39 is 0 Å². The summed E-state index contributed by atoms with van der Waals surface area (Å²) in [5, 5.41) is 3.44. The van der Waals surface area contributed by atoms with E-state index in [2.05, 4.69) is 25.3 Å². The van der Waals surface area contributed by atoms with E-state index in [1.54, 1.807) is 12.5 Å². The number of fused-ring (bicyclic) bond motifs is 1. The maximum absolute atomic E-state index is 4.41. The molecule has 0 bridgehead atoms. The Hall–Kier alpha value is -1.49. The summed E-state index contributed by atoms with van der Waals surface area (Å²) in [7, 11) is 0. The highest BCUT2D eigenvalue weighted by atomic mass is 15.0. The van der Waals surface area contributed by atoms with Crippen LogP contribution in [0.4, 0.5) is 0 Å². The van der Waals surface area contributed by atoms with E-state index in [9.17, 15) is 0 Å². The van der Waals surface area contributed by atoms with Crippen molar-refractivity contribution in [3.8, 4) is 0 Å². The number of nitrogens with zero attached hydrogens (tertiary/aromatic N) is 3. The van der Waals surface area contributed by atoms with Crippen molar-refractivity contribution in [1.82, 2.24) is 25.3 Å². The molecular weight excluding hydrogens is 190 g/mol. The van der Waals surface area contributed by atoms with Crippen LogP contribution >= 0.6 is 0 Å². The van der Waals surface area contributed by atoms with Crippen LogP contribution in [-0.4, -0.2) is 32.5 Å². The lowest BCUT2D eigenvalue weighted by Crippen LogP contribution is -2.24. The molecule has 1 atom stereocenters. The summed E-state index contributed by atoms with van der Waals surface area (Å²) in [6.07, 6.45) is 6.84. The number of aromatic amines is 1. The van der Waals surface area contributed by atoms with Gasteiger partial charge in [-0.3, -0.25) is 0 Å². The number of H-pyrrole nitrogens is 1. The topological polar surface area (TPSA) is 66.5 Å². The van der Waals surface area contributed by atoms with Gasteiger partial charge in [-0.05, 0) is 19.4 Å². The summed E-state index contributed by atoms with van der Waals surface area (Å²) in [5.74, 6) is 0.883. The minimum absolute atomic E-state index is 0.543. The fourth-order valence-electron chi connectivity index (χ4n) is 2.02. The molecule has 15 heavy (non-hydrogen) atoms. The van der Waals surface area contributed by atoms with E-state index in [4.69, 9.17) is 0 Å². The quantitative estimate of drug-likeness (QED) is 0.752. The van der Waals surface area contributed by atoms with Crippen molar-refractivity contribution < 1.29 is 0 Å². The number of aromatic nitrogens is 4. The molecule has 2 aromatic rings. The molecule has 1 aliphatic rings. The zero-order valence-electron chi connectivity index (χ0n) is 8.40. The van der Waals surface area contributed by atoms with Gasteiger partial charge in [0.25, 0.3) is 0 Å². The average molecular weight is 203 g/mol. The van der Waals surface area contributed by atoms with E-state index in [1.165, 1.54) is 12.8 Å². The molecule has 5 heteroatoms. The second-order valence-corrected chi connectivity index (χ2v) is 3.92. The van der Waals surface area contributed by atoms with Gasteiger partial charge in [-0.15, -0.1) is 0 Å². The summed E-state index contributed by atoms with van der Waals surface area (Å²) >= 11 is 0. The lowest BCUT2D eigenvalue weighted by Gasteiger charge is -2.07. The summed E-state index contributed by atoms with van der Waals surface area (Å²) in [6.45, 7) is 1.12. The number of hydrogen-bond acceptors (Lipinski definition) is 4. The normalized spacial score (nSPS) is 21.2. The Morgan fingerprint density at radius 2 is 2.40 bits per heavy atom. The van der Waals surface area contributed by atoms with Crippen molar-refractivity contribution in [2.24, 2.45) is 0 Å². The van der Waals surface area contributed by atoms with Crippen LogP contribution in [0.1, 0.15) is 18.7 Å². The molecule has 1 fully saturated rings. The van der Waals surface area contributed by atoms with Gasteiger partial charge in [0.15, 0.2) is 5.65 Å². The highest BCUT2D eigenvalue weighted by Gasteiger charge is 2.15. The lowest BCUT2D eigenvalue weighted by atomic mass is 10.1. The van der Waals surface area contributed by atoms with Crippen LogP contribution < -0.4 is 5.32 Å². The summed E-state index contributed by atoms with van der Waals surface area (Å²) < 4.78 is 0. The average Bonchev–Trinajstić information content (AvgIpc) is 2.87. The third-order valence-corrected chi connectivity index (χ3v) is 2.82. The zero-order chi connectivity index (χ0) is 10.1. The summed E-state index contributed by atoms with van der Waals surface area (Å²) in [5.41, 5.74) is 1.66. The molecule has 0 saturated carbocycles. The van der Waals surface area contributed by atoms with E-state index in [0.717, 1.165) is 30.0 Å². The maximum atomic E-state index is 4.41. The molecule has 3 heterocycles. The molecule has 2 aromatic heterocycles. The van der Waals surface area contributed by atoms with Crippen LogP contribution in [0.25, 0.3) is 11.2 Å². The Bertz CT molecular complexity index is 458. The van der Waals surface area contributed by atoms with Crippen molar-refractivity contribution in [2.75, 3.05) is 6.54 Å². The number of hydrogen-bond donors (Lipinski definition) is 2. The monoisotopic (exact) mass is 203 g/mol. The first-order valence-corrected chi connectivity index (χ1v) is 5.30. The van der Waals surface area contributed by atoms with Crippen LogP contribution in [0.3, 0.4) is 0 Å². The van der Waals surface area contributed by atoms with Crippen molar-refractivity contribution >= 4 is 11.2 Å². The van der Waals surface area contributed by atoms with Crippen LogP contribution in [0.2, 0.25) is 0 Å². The van der Waals surface area contributed by atoms with Crippen LogP contribution in [-0.2, 0) is 6.42 Å². The molecule has 0 spiro atoms. The Morgan fingerprint density at radius 3 is 3.27 bits per heavy atom. The first-order chi connectivity index (χ1) is 7.42. The highest BCUT2D eigenvalue weighted by Crippen LogP contribution is 2.11. The summed E-state index contributed by atoms with van der Waals surface area (Å²) in [4.78, 5) is 15.8. The second-order valence-electron chi connectivity index (χ2n) is 3.92. The minimum Gasteiger partial charge on any atom is -0.342 e. The maximum Gasteiger partial charge on any atom is 0.180 e. The number of imidazole rings is 1. The third-order valence-electron chi connectivity index (χ3n) is 2.82. The van der Waals surface area contributed by atoms with Crippen molar-refractivity contribution in [3.63, 3.8) is 0 Å². The van der Waals surface area contributed by atoms with Crippen molar-refractivity contribution in [3.05, 3.63) is 18.3 Å². The number of nitrogens with one attached hydrogen (secondary N) is 2. The molecule has 0 amide bonds. The van der Waals surface area contributed by atoms with E-state index >= 15 is 0 Å². The Balaban J connectivity index is 1.84. The van der Waals surface area contributed by atoms with E-state index in [1.807, 2.05) is 0 Å². The Kier molecular flexibility index (Phi) is 2.10. The largest absolute Gasteiger partial charge is 0.342 e. The molecule has 0 aromatic carbocycles. The van der Waals surface area contributed by atoms with Gasteiger partial charge in [-0.2, -0.15) is 0 Å². The van der Waals surface area contributed by atoms with Crippen LogP contribution in [0, 0.1) is 0 Å². The molecule has 1 aliphatic heterocycles. The SMILES string of the molecule is c1nc2nc(C[C@@H]3CCCN3)ncc2[nH]1. The number of rotatable bonds is 2. The predicted octanol–water partition coefficient (Wildman–Crippen LogP) is 0.647. The molecule has 2 N–H and O–H groups in total. The fraction of sp³-hybridized carbons (Fsp3) is 0.500. The lowest BCUT2D eigenvalue weighted by molar-refractivity contribution is 0.586.